The van der Waals surface area contributed by atoms with Crippen LogP contribution < -0.4 is 0 Å². The van der Waals surface area contributed by atoms with Crippen LogP contribution in [0.2, 0.25) is 0 Å². The number of hydrogen-bond acceptors (Lipinski definition) is 1. The molecule has 0 saturated carbocycles. The van der Waals surface area contributed by atoms with E-state index in [1.165, 1.54) is 32.3 Å². The first-order valence-corrected chi connectivity index (χ1v) is 8.15. The van der Waals surface area contributed by atoms with Crippen LogP contribution >= 0.6 is 0 Å². The van der Waals surface area contributed by atoms with E-state index in [1.807, 2.05) is 0 Å². The molecule has 0 aliphatic rings. The number of carbonyl (C=O) groups is 1. The van der Waals surface area contributed by atoms with Gasteiger partial charge in [0.2, 0.25) is 0 Å². The Morgan fingerprint density at radius 2 is 0.920 bits per heavy atom. The number of hydrogen-bond donors (Lipinski definition) is 1. The fourth-order valence-electron chi connectivity index (χ4n) is 3.25. The zero-order valence-electron chi connectivity index (χ0n) is 13.5. The van der Waals surface area contributed by atoms with E-state index in [4.69, 9.17) is 5.11 Å². The van der Waals surface area contributed by atoms with Gasteiger partial charge in [-0.15, -0.1) is 0 Å². The molecule has 5 aromatic rings. The van der Waals surface area contributed by atoms with Gasteiger partial charge in [-0.25, -0.2) is 4.79 Å². The SMILES string of the molecule is O=C(O)c1ccccc1.c1cc2ccc3cccc4ccc(c1)c2c34. The quantitative estimate of drug-likeness (QED) is 0.386. The smallest absolute Gasteiger partial charge is 0.335 e. The van der Waals surface area contributed by atoms with Gasteiger partial charge in [-0.2, -0.15) is 0 Å². The van der Waals surface area contributed by atoms with E-state index in [0.717, 1.165) is 0 Å². The Kier molecular flexibility index (Phi) is 3.79. The lowest BCUT2D eigenvalue weighted by Crippen LogP contribution is -1.93. The predicted molar refractivity (Wildman–Crippen MR) is 104 cm³/mol. The molecule has 0 aliphatic heterocycles. The molecular weight excluding hydrogens is 308 g/mol. The highest BCUT2D eigenvalue weighted by Gasteiger charge is 2.05. The van der Waals surface area contributed by atoms with Crippen molar-refractivity contribution >= 4 is 38.3 Å². The molecular formula is C23H16O2. The third-order valence-corrected chi connectivity index (χ3v) is 4.41. The fraction of sp³-hybridized carbons (Fsp3) is 0. The van der Waals surface area contributed by atoms with Crippen LogP contribution in [-0.2, 0) is 0 Å². The minimum Gasteiger partial charge on any atom is -0.478 e. The molecule has 2 heteroatoms. The van der Waals surface area contributed by atoms with Crippen molar-refractivity contribution < 1.29 is 9.90 Å². The Balaban J connectivity index is 0.000000150. The first kappa shape index (κ1) is 15.2. The summed E-state index contributed by atoms with van der Waals surface area (Å²) in [5, 5.41) is 16.5. The molecule has 0 fully saturated rings. The highest BCUT2D eigenvalue weighted by atomic mass is 16.4. The summed E-state index contributed by atoms with van der Waals surface area (Å²) in [6, 6.07) is 30.2. The number of carboxylic acids is 1. The lowest BCUT2D eigenvalue weighted by atomic mass is 9.95. The second-order valence-corrected chi connectivity index (χ2v) is 5.96. The summed E-state index contributed by atoms with van der Waals surface area (Å²) in [5.74, 6) is -0.879. The number of benzene rings is 5. The minimum atomic E-state index is -0.879. The molecule has 5 aromatic carbocycles. The maximum absolute atomic E-state index is 10.2. The molecule has 0 heterocycles. The normalized spacial score (nSPS) is 10.7. The van der Waals surface area contributed by atoms with Gasteiger partial charge in [0.15, 0.2) is 0 Å². The van der Waals surface area contributed by atoms with Crippen LogP contribution in [0.15, 0.2) is 91.0 Å². The Hall–Kier alpha value is -3.39. The van der Waals surface area contributed by atoms with Gasteiger partial charge in [-0.1, -0.05) is 78.9 Å². The largest absolute Gasteiger partial charge is 0.478 e. The number of carboxylic acid groups (broad SMARTS) is 1. The van der Waals surface area contributed by atoms with Crippen molar-refractivity contribution in [2.75, 3.05) is 0 Å². The third kappa shape index (κ3) is 2.79. The minimum absolute atomic E-state index is 0.331. The molecule has 120 valence electrons. The van der Waals surface area contributed by atoms with Gasteiger partial charge in [0.05, 0.1) is 5.56 Å². The van der Waals surface area contributed by atoms with Crippen LogP contribution in [0.5, 0.6) is 0 Å². The number of aromatic carboxylic acids is 1. The van der Waals surface area contributed by atoms with Gasteiger partial charge < -0.3 is 5.11 Å². The van der Waals surface area contributed by atoms with Crippen LogP contribution in [0.1, 0.15) is 10.4 Å². The Bertz CT molecular complexity index is 1030. The molecule has 0 radical (unpaired) electrons. The second-order valence-electron chi connectivity index (χ2n) is 5.96. The lowest BCUT2D eigenvalue weighted by Gasteiger charge is -2.09. The molecule has 0 bridgehead atoms. The fourth-order valence-corrected chi connectivity index (χ4v) is 3.25. The van der Waals surface area contributed by atoms with Crippen LogP contribution in [0, 0.1) is 0 Å². The molecule has 0 unspecified atom stereocenters. The topological polar surface area (TPSA) is 37.3 Å². The van der Waals surface area contributed by atoms with Crippen LogP contribution in [0.4, 0.5) is 0 Å². The van der Waals surface area contributed by atoms with Crippen molar-refractivity contribution in [1.82, 2.24) is 0 Å². The number of rotatable bonds is 1. The summed E-state index contributed by atoms with van der Waals surface area (Å²) in [6.45, 7) is 0. The molecule has 2 nitrogen and oxygen atoms in total. The summed E-state index contributed by atoms with van der Waals surface area (Å²) in [7, 11) is 0. The van der Waals surface area contributed by atoms with Crippen LogP contribution in [-0.4, -0.2) is 11.1 Å². The van der Waals surface area contributed by atoms with Crippen molar-refractivity contribution in [3.8, 4) is 0 Å². The highest BCUT2D eigenvalue weighted by Crippen LogP contribution is 2.33. The summed E-state index contributed by atoms with van der Waals surface area (Å²) in [4.78, 5) is 10.2. The first-order valence-electron chi connectivity index (χ1n) is 8.15. The van der Waals surface area contributed by atoms with Gasteiger partial charge in [-0.05, 0) is 44.5 Å². The summed E-state index contributed by atoms with van der Waals surface area (Å²) in [5.41, 5.74) is 0.331. The van der Waals surface area contributed by atoms with Gasteiger partial charge in [-0.3, -0.25) is 0 Å². The predicted octanol–water partition coefficient (Wildman–Crippen LogP) is 5.97. The van der Waals surface area contributed by atoms with Crippen molar-refractivity contribution in [3.63, 3.8) is 0 Å². The van der Waals surface area contributed by atoms with Crippen molar-refractivity contribution in [1.29, 1.82) is 0 Å². The molecule has 0 aromatic heterocycles. The van der Waals surface area contributed by atoms with E-state index in [-0.39, 0.29) is 0 Å². The zero-order valence-corrected chi connectivity index (χ0v) is 13.5. The molecule has 0 amide bonds. The molecule has 0 aliphatic carbocycles. The molecule has 1 N–H and O–H groups in total. The zero-order chi connectivity index (χ0) is 17.2. The second kappa shape index (κ2) is 6.25. The van der Waals surface area contributed by atoms with Gasteiger partial charge in [0, 0.05) is 0 Å². The van der Waals surface area contributed by atoms with Gasteiger partial charge in [0.25, 0.3) is 0 Å². The van der Waals surface area contributed by atoms with Crippen molar-refractivity contribution in [2.45, 2.75) is 0 Å². The molecule has 0 atom stereocenters. The van der Waals surface area contributed by atoms with E-state index in [2.05, 4.69) is 60.7 Å². The maximum atomic E-state index is 10.2. The van der Waals surface area contributed by atoms with Gasteiger partial charge in [0.1, 0.15) is 0 Å². The summed E-state index contributed by atoms with van der Waals surface area (Å²) < 4.78 is 0. The van der Waals surface area contributed by atoms with E-state index in [1.54, 1.807) is 30.3 Å². The van der Waals surface area contributed by atoms with Crippen LogP contribution in [0.3, 0.4) is 0 Å². The maximum Gasteiger partial charge on any atom is 0.335 e. The Morgan fingerprint density at radius 3 is 1.24 bits per heavy atom. The van der Waals surface area contributed by atoms with E-state index in [9.17, 15) is 4.79 Å². The standard InChI is InChI=1S/C16H10.C7H6O2/c1-3-11-7-9-13-5-2-6-14-10-8-12(4-1)15(11)16(13)14;8-7(9)6-4-2-1-3-5-6/h1-10H;1-5H,(H,8,9). The molecule has 5 rings (SSSR count). The summed E-state index contributed by atoms with van der Waals surface area (Å²) >= 11 is 0. The van der Waals surface area contributed by atoms with E-state index in [0.29, 0.717) is 5.56 Å². The molecule has 0 saturated heterocycles. The lowest BCUT2D eigenvalue weighted by molar-refractivity contribution is 0.0697. The molecule has 25 heavy (non-hydrogen) atoms. The third-order valence-electron chi connectivity index (χ3n) is 4.41. The molecule has 0 spiro atoms. The van der Waals surface area contributed by atoms with Crippen molar-refractivity contribution in [3.05, 3.63) is 96.6 Å². The van der Waals surface area contributed by atoms with Crippen molar-refractivity contribution in [2.24, 2.45) is 0 Å². The average Bonchev–Trinajstić information content (AvgIpc) is 2.67. The Labute approximate surface area is 145 Å². The van der Waals surface area contributed by atoms with Crippen LogP contribution in [0.25, 0.3) is 32.3 Å². The summed E-state index contributed by atoms with van der Waals surface area (Å²) in [6.07, 6.45) is 0. The Morgan fingerprint density at radius 1 is 0.520 bits per heavy atom. The first-order chi connectivity index (χ1) is 12.2. The average molecular weight is 324 g/mol. The van der Waals surface area contributed by atoms with E-state index < -0.39 is 5.97 Å². The monoisotopic (exact) mass is 324 g/mol. The van der Waals surface area contributed by atoms with Gasteiger partial charge >= 0.3 is 5.97 Å². The van der Waals surface area contributed by atoms with E-state index >= 15 is 0 Å². The highest BCUT2D eigenvalue weighted by molar-refractivity contribution is 6.22.